The van der Waals surface area contributed by atoms with Crippen LogP contribution in [0.5, 0.6) is 0 Å². The van der Waals surface area contributed by atoms with E-state index < -0.39 is 25.9 Å². The largest absolute Gasteiger partial charge is 0.396 e. The Bertz CT molecular complexity index is 658. The Morgan fingerprint density at radius 1 is 1.16 bits per heavy atom. The van der Waals surface area contributed by atoms with E-state index in [1.54, 1.807) is 0 Å². The first kappa shape index (κ1) is 15.8. The minimum atomic E-state index is -3.90. The molecule has 10 heteroatoms. The molecule has 0 aliphatic carbocycles. The Hall–Kier alpha value is -1.23. The molecule has 0 bridgehead atoms. The normalized spacial score (nSPS) is 12.5. The molecule has 0 aliphatic heterocycles. The van der Waals surface area contributed by atoms with Crippen LogP contribution in [0.2, 0.25) is 0 Å². The van der Waals surface area contributed by atoms with Gasteiger partial charge in [0.05, 0.1) is 16.8 Å². The zero-order chi connectivity index (χ0) is 14.7. The predicted molar refractivity (Wildman–Crippen MR) is 68.8 cm³/mol. The fraction of sp³-hybridized carbons (Fsp3) is 0.333. The molecule has 0 heterocycles. The lowest BCUT2D eigenvalue weighted by molar-refractivity contribution is 0.571. The number of hydrogen-bond acceptors (Lipinski definition) is 5. The molecule has 1 aromatic rings. The number of hydrogen-bond donors (Lipinski definition) is 3. The van der Waals surface area contributed by atoms with Crippen LogP contribution >= 0.6 is 0 Å². The van der Waals surface area contributed by atoms with Gasteiger partial charge < -0.3 is 5.73 Å². The van der Waals surface area contributed by atoms with Crippen molar-refractivity contribution >= 4 is 25.7 Å². The quantitative estimate of drug-likeness (QED) is 0.471. The van der Waals surface area contributed by atoms with Gasteiger partial charge in [0.25, 0.3) is 0 Å². The Labute approximate surface area is 111 Å². The van der Waals surface area contributed by atoms with Gasteiger partial charge >= 0.3 is 0 Å². The van der Waals surface area contributed by atoms with Crippen LogP contribution in [0.25, 0.3) is 0 Å². The third-order valence-corrected chi connectivity index (χ3v) is 4.25. The van der Waals surface area contributed by atoms with Crippen LogP contribution in [-0.2, 0) is 20.0 Å². The summed E-state index contributed by atoms with van der Waals surface area (Å²) in [5.74, 6) is -0.836. The summed E-state index contributed by atoms with van der Waals surface area (Å²) < 4.78 is 62.4. The highest BCUT2D eigenvalue weighted by Crippen LogP contribution is 2.15. The van der Waals surface area contributed by atoms with Crippen molar-refractivity contribution in [2.24, 2.45) is 0 Å². The number of nitrogen functional groups attached to an aromatic ring is 1. The van der Waals surface area contributed by atoms with Gasteiger partial charge in [-0.2, -0.15) is 0 Å². The second kappa shape index (κ2) is 5.82. The van der Waals surface area contributed by atoms with Gasteiger partial charge in [-0.3, -0.25) is 0 Å². The molecular weight excluding hydrogens is 297 g/mol. The molecule has 0 aromatic heterocycles. The van der Waals surface area contributed by atoms with Crippen LogP contribution in [0.15, 0.2) is 23.1 Å². The molecule has 4 N–H and O–H groups in total. The van der Waals surface area contributed by atoms with E-state index in [0.29, 0.717) is 0 Å². The molecule has 1 aromatic carbocycles. The Kier molecular flexibility index (Phi) is 4.85. The Morgan fingerprint density at radius 3 is 2.26 bits per heavy atom. The zero-order valence-electron chi connectivity index (χ0n) is 10.1. The van der Waals surface area contributed by atoms with E-state index in [9.17, 15) is 21.2 Å². The van der Waals surface area contributed by atoms with Crippen LogP contribution in [0.1, 0.15) is 0 Å². The lowest BCUT2D eigenvalue weighted by atomic mass is 10.3. The van der Waals surface area contributed by atoms with Gasteiger partial charge in [0.1, 0.15) is 5.82 Å². The maximum Gasteiger partial charge on any atom is 0.240 e. The molecular formula is C9H14FN3O4S2. The molecule has 0 atom stereocenters. The van der Waals surface area contributed by atoms with E-state index in [1.807, 2.05) is 0 Å². The fourth-order valence-corrected chi connectivity index (χ4v) is 2.70. The van der Waals surface area contributed by atoms with Gasteiger partial charge in [-0.15, -0.1) is 0 Å². The van der Waals surface area contributed by atoms with Crippen molar-refractivity contribution in [2.45, 2.75) is 4.90 Å². The predicted octanol–water partition coefficient (Wildman–Crippen LogP) is -0.765. The van der Waals surface area contributed by atoms with E-state index in [1.165, 1.54) is 0 Å². The van der Waals surface area contributed by atoms with E-state index in [-0.39, 0.29) is 23.7 Å². The molecule has 1 rings (SSSR count). The van der Waals surface area contributed by atoms with Crippen LogP contribution in [-0.4, -0.2) is 36.2 Å². The molecule has 0 saturated carbocycles. The molecule has 108 valence electrons. The number of anilines is 1. The summed E-state index contributed by atoms with van der Waals surface area (Å²) in [6.07, 6.45) is 0.955. The fourth-order valence-electron chi connectivity index (χ4n) is 1.18. The number of sulfonamides is 2. The average Bonchev–Trinajstić information content (AvgIpc) is 2.27. The maximum atomic E-state index is 13.1. The molecule has 0 saturated heterocycles. The number of halogens is 1. The molecule has 0 fully saturated rings. The summed E-state index contributed by atoms with van der Waals surface area (Å²) >= 11 is 0. The number of rotatable bonds is 6. The van der Waals surface area contributed by atoms with Crippen molar-refractivity contribution in [1.82, 2.24) is 9.44 Å². The Morgan fingerprint density at radius 2 is 1.74 bits per heavy atom. The Balaban J connectivity index is 2.68. The van der Waals surface area contributed by atoms with Crippen molar-refractivity contribution in [3.8, 4) is 0 Å². The highest BCUT2D eigenvalue weighted by molar-refractivity contribution is 7.89. The topological polar surface area (TPSA) is 118 Å². The number of benzene rings is 1. The molecule has 19 heavy (non-hydrogen) atoms. The summed E-state index contributed by atoms with van der Waals surface area (Å²) in [5, 5.41) is 0. The van der Waals surface area contributed by atoms with Crippen molar-refractivity contribution in [1.29, 1.82) is 0 Å². The number of nitrogens with two attached hydrogens (primary N) is 1. The molecule has 0 spiro atoms. The second-order valence-corrected chi connectivity index (χ2v) is 7.35. The van der Waals surface area contributed by atoms with Gasteiger partial charge in [0.15, 0.2) is 0 Å². The summed E-state index contributed by atoms with van der Waals surface area (Å²) in [7, 11) is -7.28. The van der Waals surface area contributed by atoms with Crippen molar-refractivity contribution in [2.75, 3.05) is 25.1 Å². The monoisotopic (exact) mass is 311 g/mol. The molecule has 0 radical (unpaired) electrons. The van der Waals surface area contributed by atoms with E-state index in [4.69, 9.17) is 5.73 Å². The van der Waals surface area contributed by atoms with Crippen LogP contribution in [0.4, 0.5) is 10.1 Å². The van der Waals surface area contributed by atoms with E-state index in [2.05, 4.69) is 9.44 Å². The third kappa shape index (κ3) is 5.11. The standard InChI is InChI=1S/C9H14FN3O4S2/c1-18(14,15)12-4-5-13-19(16,17)7-2-3-9(11)8(10)6-7/h2-3,6,12-13H,4-5,11H2,1H3. The van der Waals surface area contributed by atoms with Gasteiger partial charge in [0.2, 0.25) is 20.0 Å². The number of nitrogens with one attached hydrogen (secondary N) is 2. The lowest BCUT2D eigenvalue weighted by Crippen LogP contribution is -2.34. The van der Waals surface area contributed by atoms with E-state index in [0.717, 1.165) is 24.5 Å². The smallest absolute Gasteiger partial charge is 0.240 e. The SMILES string of the molecule is CS(=O)(=O)NCCNS(=O)(=O)c1ccc(N)c(F)c1. The van der Waals surface area contributed by atoms with Crippen LogP contribution in [0.3, 0.4) is 0 Å². The first-order valence-electron chi connectivity index (χ1n) is 5.11. The highest BCUT2D eigenvalue weighted by Gasteiger charge is 2.15. The van der Waals surface area contributed by atoms with Crippen molar-refractivity contribution in [3.05, 3.63) is 24.0 Å². The van der Waals surface area contributed by atoms with Gasteiger partial charge in [0, 0.05) is 13.1 Å². The van der Waals surface area contributed by atoms with Crippen LogP contribution in [0, 0.1) is 5.82 Å². The van der Waals surface area contributed by atoms with Crippen LogP contribution < -0.4 is 15.2 Å². The molecule has 0 aliphatic rings. The second-order valence-electron chi connectivity index (χ2n) is 3.75. The van der Waals surface area contributed by atoms with Gasteiger partial charge in [-0.1, -0.05) is 0 Å². The van der Waals surface area contributed by atoms with E-state index >= 15 is 0 Å². The maximum absolute atomic E-state index is 13.1. The van der Waals surface area contributed by atoms with Gasteiger partial charge in [-0.25, -0.2) is 30.7 Å². The first-order chi connectivity index (χ1) is 8.62. The van der Waals surface area contributed by atoms with Crippen molar-refractivity contribution < 1.29 is 21.2 Å². The highest BCUT2D eigenvalue weighted by atomic mass is 32.2. The summed E-state index contributed by atoms with van der Waals surface area (Å²) in [6, 6.07) is 3.09. The molecule has 0 amide bonds. The third-order valence-electron chi connectivity index (χ3n) is 2.06. The minimum Gasteiger partial charge on any atom is -0.396 e. The summed E-state index contributed by atoms with van der Waals surface area (Å²) in [6.45, 7) is -0.253. The summed E-state index contributed by atoms with van der Waals surface area (Å²) in [5.41, 5.74) is 5.08. The summed E-state index contributed by atoms with van der Waals surface area (Å²) in [4.78, 5) is -0.279. The first-order valence-corrected chi connectivity index (χ1v) is 8.48. The van der Waals surface area contributed by atoms with Gasteiger partial charge in [-0.05, 0) is 18.2 Å². The molecule has 0 unspecified atom stereocenters. The van der Waals surface area contributed by atoms with Crippen molar-refractivity contribution in [3.63, 3.8) is 0 Å². The average molecular weight is 311 g/mol. The lowest BCUT2D eigenvalue weighted by Gasteiger charge is -2.07. The minimum absolute atomic E-state index is 0.102. The zero-order valence-corrected chi connectivity index (χ0v) is 11.7. The molecule has 7 nitrogen and oxygen atoms in total.